The molecule has 0 aliphatic heterocycles. The Balaban J connectivity index is 2.26. The molecule has 110 valence electrons. The lowest BCUT2D eigenvalue weighted by atomic mass is 10.1. The van der Waals surface area contributed by atoms with Crippen molar-refractivity contribution in [1.82, 2.24) is 15.0 Å². The number of non-ortho nitro benzene ring substituents is 1. The summed E-state index contributed by atoms with van der Waals surface area (Å²) in [7, 11) is 0. The molecule has 0 bridgehead atoms. The molecule has 0 saturated carbocycles. The molecular weight excluding hydrogens is 304 g/mol. The van der Waals surface area contributed by atoms with E-state index in [4.69, 9.17) is 0 Å². The van der Waals surface area contributed by atoms with Gasteiger partial charge in [-0.3, -0.25) is 14.9 Å². The Labute approximate surface area is 129 Å². The third-order valence-electron chi connectivity index (χ3n) is 3.19. The molecule has 0 amide bonds. The first-order valence-electron chi connectivity index (χ1n) is 6.32. The van der Waals surface area contributed by atoms with E-state index in [1.54, 1.807) is 6.07 Å². The zero-order chi connectivity index (χ0) is 15.7. The van der Waals surface area contributed by atoms with Gasteiger partial charge in [-0.2, -0.15) is 0 Å². The first kappa shape index (κ1) is 14.1. The van der Waals surface area contributed by atoms with Gasteiger partial charge in [0.15, 0.2) is 12.0 Å². The van der Waals surface area contributed by atoms with Crippen LogP contribution in [-0.2, 0) is 0 Å². The Morgan fingerprint density at radius 3 is 2.82 bits per heavy atom. The molecule has 8 heteroatoms. The van der Waals surface area contributed by atoms with Gasteiger partial charge in [0, 0.05) is 12.1 Å². The molecule has 22 heavy (non-hydrogen) atoms. The smallest absolute Gasteiger partial charge is 0.271 e. The summed E-state index contributed by atoms with van der Waals surface area (Å²) in [4.78, 5) is 22.5. The highest BCUT2D eigenvalue weighted by molar-refractivity contribution is 7.13. The molecule has 0 radical (unpaired) electrons. The number of rotatable bonds is 4. The molecule has 1 aromatic carbocycles. The van der Waals surface area contributed by atoms with Crippen LogP contribution in [0.15, 0.2) is 35.7 Å². The molecule has 3 rings (SSSR count). The number of hydrogen-bond donors (Lipinski definition) is 0. The number of nitro benzene ring substituents is 1. The van der Waals surface area contributed by atoms with Crippen molar-refractivity contribution in [1.29, 1.82) is 0 Å². The molecule has 0 saturated heterocycles. The maximum Gasteiger partial charge on any atom is 0.271 e. The summed E-state index contributed by atoms with van der Waals surface area (Å²) >= 11 is 1.44. The highest BCUT2D eigenvalue weighted by Crippen LogP contribution is 2.30. The number of aldehydes is 1. The molecule has 0 aliphatic rings. The van der Waals surface area contributed by atoms with Crippen molar-refractivity contribution in [3.05, 3.63) is 57.1 Å². The molecule has 3 aromatic rings. The third kappa shape index (κ3) is 2.29. The van der Waals surface area contributed by atoms with Crippen molar-refractivity contribution < 1.29 is 9.72 Å². The average molecular weight is 314 g/mol. The third-order valence-corrected chi connectivity index (χ3v) is 4.07. The minimum absolute atomic E-state index is 0.0408. The van der Waals surface area contributed by atoms with Gasteiger partial charge in [-0.05, 0) is 23.9 Å². The lowest BCUT2D eigenvalue weighted by molar-refractivity contribution is -0.384. The highest BCUT2D eigenvalue weighted by Gasteiger charge is 2.19. The normalized spacial score (nSPS) is 10.6. The number of hydrogen-bond acceptors (Lipinski definition) is 6. The number of thiophene rings is 1. The zero-order valence-electron chi connectivity index (χ0n) is 11.5. The van der Waals surface area contributed by atoms with E-state index in [2.05, 4.69) is 10.3 Å². The van der Waals surface area contributed by atoms with E-state index < -0.39 is 4.92 Å². The Kier molecular flexibility index (Phi) is 3.51. The maximum atomic E-state index is 11.2. The van der Waals surface area contributed by atoms with Crippen molar-refractivity contribution in [2.75, 3.05) is 0 Å². The Hall–Kier alpha value is -2.87. The number of carbonyl (C=O) groups excluding carboxylic acids is 1. The second-order valence-electron chi connectivity index (χ2n) is 4.56. The highest BCUT2D eigenvalue weighted by atomic mass is 32.1. The molecule has 2 aromatic heterocycles. The summed E-state index contributed by atoms with van der Waals surface area (Å²) in [5.41, 5.74) is 2.02. The summed E-state index contributed by atoms with van der Waals surface area (Å²) in [5.74, 6) is 0. The molecular formula is C14H10N4O3S. The number of nitro groups is 1. The van der Waals surface area contributed by atoms with E-state index in [1.165, 1.54) is 28.2 Å². The average Bonchev–Trinajstić information content (AvgIpc) is 3.15. The van der Waals surface area contributed by atoms with Crippen molar-refractivity contribution in [2.24, 2.45) is 0 Å². The number of benzene rings is 1. The minimum atomic E-state index is -0.467. The van der Waals surface area contributed by atoms with Crippen LogP contribution in [0.25, 0.3) is 16.3 Å². The van der Waals surface area contributed by atoms with Crippen LogP contribution >= 0.6 is 11.3 Å². The molecule has 2 heterocycles. The molecule has 0 aliphatic carbocycles. The van der Waals surface area contributed by atoms with Gasteiger partial charge < -0.3 is 0 Å². The monoisotopic (exact) mass is 314 g/mol. The second kappa shape index (κ2) is 5.49. The summed E-state index contributed by atoms with van der Waals surface area (Å²) in [6.45, 7) is 1.82. The van der Waals surface area contributed by atoms with E-state index in [-0.39, 0.29) is 11.4 Å². The quantitative estimate of drug-likeness (QED) is 0.419. The maximum absolute atomic E-state index is 11.2. The fourth-order valence-corrected chi connectivity index (χ4v) is 2.89. The van der Waals surface area contributed by atoms with Gasteiger partial charge >= 0.3 is 0 Å². The van der Waals surface area contributed by atoms with Gasteiger partial charge in [0.1, 0.15) is 5.69 Å². The summed E-state index contributed by atoms with van der Waals surface area (Å²) < 4.78 is 1.47. The largest absolute Gasteiger partial charge is 0.296 e. The SMILES string of the molecule is Cc1ccc([N+](=O)[O-])cc1-n1nnc(C=O)c1-c1cccs1. The van der Waals surface area contributed by atoms with Crippen LogP contribution in [0.2, 0.25) is 0 Å². The van der Waals surface area contributed by atoms with Gasteiger partial charge in [-0.25, -0.2) is 4.68 Å². The number of carbonyl (C=O) groups is 1. The van der Waals surface area contributed by atoms with Crippen LogP contribution < -0.4 is 0 Å². The molecule has 0 atom stereocenters. The van der Waals surface area contributed by atoms with E-state index in [1.807, 2.05) is 24.4 Å². The molecule has 7 nitrogen and oxygen atoms in total. The van der Waals surface area contributed by atoms with Gasteiger partial charge in [-0.15, -0.1) is 16.4 Å². The van der Waals surface area contributed by atoms with Crippen LogP contribution in [-0.4, -0.2) is 26.2 Å². The molecule has 0 spiro atoms. The molecule has 0 N–H and O–H groups in total. The van der Waals surface area contributed by atoms with Crippen molar-refractivity contribution >= 4 is 23.3 Å². The Morgan fingerprint density at radius 2 is 2.18 bits per heavy atom. The molecule has 0 unspecified atom stereocenters. The van der Waals surface area contributed by atoms with Crippen LogP contribution in [0, 0.1) is 17.0 Å². The minimum Gasteiger partial charge on any atom is -0.296 e. The fraction of sp³-hybridized carbons (Fsp3) is 0.0714. The second-order valence-corrected chi connectivity index (χ2v) is 5.51. The Bertz CT molecular complexity index is 855. The number of nitrogens with zero attached hydrogens (tertiary/aromatic N) is 4. The number of aryl methyl sites for hydroxylation is 1. The summed E-state index contributed by atoms with van der Waals surface area (Å²) in [6, 6.07) is 8.20. The number of aromatic nitrogens is 3. The predicted molar refractivity (Wildman–Crippen MR) is 81.5 cm³/mol. The van der Waals surface area contributed by atoms with Gasteiger partial charge in [0.2, 0.25) is 0 Å². The van der Waals surface area contributed by atoms with E-state index in [0.717, 1.165) is 10.4 Å². The lowest BCUT2D eigenvalue weighted by Gasteiger charge is -2.08. The summed E-state index contributed by atoms with van der Waals surface area (Å²) in [6.07, 6.45) is 0.630. The topological polar surface area (TPSA) is 90.9 Å². The zero-order valence-corrected chi connectivity index (χ0v) is 12.3. The van der Waals surface area contributed by atoms with Crippen LogP contribution in [0.5, 0.6) is 0 Å². The van der Waals surface area contributed by atoms with Crippen LogP contribution in [0.3, 0.4) is 0 Å². The van der Waals surface area contributed by atoms with Crippen LogP contribution in [0.1, 0.15) is 16.1 Å². The summed E-state index contributed by atoms with van der Waals surface area (Å²) in [5, 5.41) is 20.7. The lowest BCUT2D eigenvalue weighted by Crippen LogP contribution is -2.03. The Morgan fingerprint density at radius 1 is 1.36 bits per heavy atom. The van der Waals surface area contributed by atoms with Crippen molar-refractivity contribution in [3.8, 4) is 16.3 Å². The van der Waals surface area contributed by atoms with Gasteiger partial charge in [-0.1, -0.05) is 17.3 Å². The van der Waals surface area contributed by atoms with Crippen LogP contribution in [0.4, 0.5) is 5.69 Å². The first-order valence-corrected chi connectivity index (χ1v) is 7.20. The van der Waals surface area contributed by atoms with E-state index in [0.29, 0.717) is 17.7 Å². The molecule has 0 fully saturated rings. The predicted octanol–water partition coefficient (Wildman–Crippen LogP) is 3.02. The first-order chi connectivity index (χ1) is 10.6. The van der Waals surface area contributed by atoms with Gasteiger partial charge in [0.25, 0.3) is 5.69 Å². The van der Waals surface area contributed by atoms with E-state index in [9.17, 15) is 14.9 Å². The standard InChI is InChI=1S/C14H10N4O3S/c1-9-4-5-10(18(20)21)7-12(9)17-14(11(8-19)15-16-17)13-3-2-6-22-13/h2-8H,1H3. The van der Waals surface area contributed by atoms with Gasteiger partial charge in [0.05, 0.1) is 15.5 Å². The van der Waals surface area contributed by atoms with Crippen molar-refractivity contribution in [3.63, 3.8) is 0 Å². The van der Waals surface area contributed by atoms with Crippen molar-refractivity contribution in [2.45, 2.75) is 6.92 Å². The fourth-order valence-electron chi connectivity index (χ4n) is 2.12. The van der Waals surface area contributed by atoms with E-state index >= 15 is 0 Å².